The van der Waals surface area contributed by atoms with Crippen LogP contribution in [0.3, 0.4) is 0 Å². The van der Waals surface area contributed by atoms with E-state index in [-0.39, 0.29) is 5.54 Å². The number of nitrogens with one attached hydrogen (secondary N) is 1. The lowest BCUT2D eigenvalue weighted by atomic mass is 9.79. The van der Waals surface area contributed by atoms with Crippen molar-refractivity contribution in [3.8, 4) is 0 Å². The molecule has 0 aliphatic heterocycles. The van der Waals surface area contributed by atoms with Crippen LogP contribution in [0.15, 0.2) is 0 Å². The average molecular weight is 239 g/mol. The molecular formula is C14H29N3. The van der Waals surface area contributed by atoms with Gasteiger partial charge in [0.25, 0.3) is 0 Å². The Hall–Kier alpha value is -0.120. The van der Waals surface area contributed by atoms with Crippen LogP contribution >= 0.6 is 0 Å². The molecule has 2 rings (SSSR count). The SMILES string of the molecule is CN(C)C(C)(C)C(CC1CC2CCC1C2)NN. The van der Waals surface area contributed by atoms with Gasteiger partial charge >= 0.3 is 0 Å². The van der Waals surface area contributed by atoms with Gasteiger partial charge in [-0.25, -0.2) is 0 Å². The lowest BCUT2D eigenvalue weighted by Gasteiger charge is -2.41. The largest absolute Gasteiger partial charge is 0.303 e. The number of hydrogen-bond donors (Lipinski definition) is 2. The monoisotopic (exact) mass is 239 g/mol. The van der Waals surface area contributed by atoms with Gasteiger partial charge in [0.15, 0.2) is 0 Å². The Kier molecular flexibility index (Phi) is 3.81. The van der Waals surface area contributed by atoms with Crippen molar-refractivity contribution in [2.45, 2.75) is 57.5 Å². The van der Waals surface area contributed by atoms with E-state index < -0.39 is 0 Å². The van der Waals surface area contributed by atoms with E-state index in [9.17, 15) is 0 Å². The molecule has 4 atom stereocenters. The standard InChI is InChI=1S/C14H29N3/c1-14(2,17(3)4)13(16-15)9-12-8-10-5-6-11(12)7-10/h10-13,16H,5-9,15H2,1-4H3. The number of nitrogens with two attached hydrogens (primary N) is 1. The lowest BCUT2D eigenvalue weighted by Crippen LogP contribution is -2.57. The van der Waals surface area contributed by atoms with Crippen molar-refractivity contribution in [2.75, 3.05) is 14.1 Å². The Labute approximate surface area is 106 Å². The average Bonchev–Trinajstić information content (AvgIpc) is 2.86. The molecule has 2 aliphatic carbocycles. The second-order valence-corrected chi connectivity index (χ2v) is 6.94. The Bertz CT molecular complexity index is 262. The minimum absolute atomic E-state index is 0.122. The third-order valence-electron chi connectivity index (χ3n) is 5.63. The highest BCUT2D eigenvalue weighted by atomic mass is 15.3. The van der Waals surface area contributed by atoms with Gasteiger partial charge in [-0.15, -0.1) is 0 Å². The first-order chi connectivity index (χ1) is 7.95. The Morgan fingerprint density at radius 1 is 1.29 bits per heavy atom. The summed E-state index contributed by atoms with van der Waals surface area (Å²) >= 11 is 0. The summed E-state index contributed by atoms with van der Waals surface area (Å²) in [5.41, 5.74) is 3.19. The summed E-state index contributed by atoms with van der Waals surface area (Å²) in [5, 5.41) is 0. The Morgan fingerprint density at radius 3 is 2.41 bits per heavy atom. The molecule has 2 fully saturated rings. The van der Waals surface area contributed by atoms with E-state index in [1.807, 2.05) is 0 Å². The van der Waals surface area contributed by atoms with Gasteiger partial charge < -0.3 is 4.90 Å². The number of hydrogen-bond acceptors (Lipinski definition) is 3. The van der Waals surface area contributed by atoms with Crippen molar-refractivity contribution >= 4 is 0 Å². The van der Waals surface area contributed by atoms with Crippen LogP contribution in [-0.4, -0.2) is 30.6 Å². The van der Waals surface area contributed by atoms with Crippen LogP contribution in [0.4, 0.5) is 0 Å². The van der Waals surface area contributed by atoms with E-state index in [1.165, 1.54) is 32.1 Å². The lowest BCUT2D eigenvalue weighted by molar-refractivity contribution is 0.112. The van der Waals surface area contributed by atoms with Crippen LogP contribution in [0.1, 0.15) is 46.0 Å². The molecule has 100 valence electrons. The zero-order valence-electron chi connectivity index (χ0n) is 11.9. The molecular weight excluding hydrogens is 210 g/mol. The first-order valence-electron chi connectivity index (χ1n) is 7.08. The second kappa shape index (κ2) is 4.87. The zero-order valence-corrected chi connectivity index (χ0v) is 11.9. The molecule has 0 saturated heterocycles. The number of fused-ring (bicyclic) bond motifs is 2. The first-order valence-corrected chi connectivity index (χ1v) is 7.08. The predicted octanol–water partition coefficient (Wildman–Crippen LogP) is 1.98. The normalized spacial score (nSPS) is 34.6. The van der Waals surface area contributed by atoms with Crippen LogP contribution in [0.5, 0.6) is 0 Å². The zero-order chi connectivity index (χ0) is 12.6. The molecule has 0 aromatic heterocycles. The predicted molar refractivity (Wildman–Crippen MR) is 72.4 cm³/mol. The summed E-state index contributed by atoms with van der Waals surface area (Å²) in [6.07, 6.45) is 7.13. The van der Waals surface area contributed by atoms with E-state index in [1.54, 1.807) is 0 Å². The van der Waals surface area contributed by atoms with Crippen LogP contribution in [-0.2, 0) is 0 Å². The number of nitrogens with zero attached hydrogens (tertiary/aromatic N) is 1. The number of hydrazine groups is 1. The molecule has 0 aromatic carbocycles. The maximum Gasteiger partial charge on any atom is 0.0391 e. The topological polar surface area (TPSA) is 41.3 Å². The van der Waals surface area contributed by atoms with E-state index in [0.717, 1.165) is 17.8 Å². The van der Waals surface area contributed by atoms with Gasteiger partial charge in [0.2, 0.25) is 0 Å². The highest BCUT2D eigenvalue weighted by Crippen LogP contribution is 2.50. The van der Waals surface area contributed by atoms with Gasteiger partial charge in [0, 0.05) is 11.6 Å². The van der Waals surface area contributed by atoms with Crippen molar-refractivity contribution < 1.29 is 0 Å². The van der Waals surface area contributed by atoms with Crippen molar-refractivity contribution in [2.24, 2.45) is 23.6 Å². The highest BCUT2D eigenvalue weighted by molar-refractivity contribution is 4.97. The number of likely N-dealkylation sites (N-methyl/N-ethyl adjacent to an activating group) is 1. The maximum atomic E-state index is 5.80. The summed E-state index contributed by atoms with van der Waals surface area (Å²) < 4.78 is 0. The molecule has 0 spiro atoms. The van der Waals surface area contributed by atoms with Gasteiger partial charge in [-0.05, 0) is 71.4 Å². The first kappa shape index (κ1) is 13.3. The molecule has 0 heterocycles. The van der Waals surface area contributed by atoms with Crippen molar-refractivity contribution in [1.82, 2.24) is 10.3 Å². The summed E-state index contributed by atoms with van der Waals surface area (Å²) in [7, 11) is 4.29. The molecule has 0 aromatic rings. The summed E-state index contributed by atoms with van der Waals surface area (Å²) in [6.45, 7) is 4.56. The molecule has 17 heavy (non-hydrogen) atoms. The molecule has 2 saturated carbocycles. The van der Waals surface area contributed by atoms with Gasteiger partial charge in [-0.3, -0.25) is 11.3 Å². The quantitative estimate of drug-likeness (QED) is 0.569. The minimum atomic E-state index is 0.122. The summed E-state index contributed by atoms with van der Waals surface area (Å²) in [4.78, 5) is 2.28. The van der Waals surface area contributed by atoms with Crippen LogP contribution in [0.2, 0.25) is 0 Å². The molecule has 3 nitrogen and oxygen atoms in total. The van der Waals surface area contributed by atoms with E-state index in [0.29, 0.717) is 6.04 Å². The number of rotatable bonds is 5. The van der Waals surface area contributed by atoms with Gasteiger partial charge in [0.05, 0.1) is 0 Å². The Balaban J connectivity index is 1.96. The summed E-state index contributed by atoms with van der Waals surface area (Å²) in [6, 6.07) is 0.391. The van der Waals surface area contributed by atoms with Gasteiger partial charge in [-0.2, -0.15) is 0 Å². The minimum Gasteiger partial charge on any atom is -0.303 e. The van der Waals surface area contributed by atoms with Crippen LogP contribution in [0, 0.1) is 17.8 Å². The van der Waals surface area contributed by atoms with Gasteiger partial charge in [-0.1, -0.05) is 6.42 Å². The van der Waals surface area contributed by atoms with E-state index >= 15 is 0 Å². The molecule has 3 heteroatoms. The molecule has 0 amide bonds. The fraction of sp³-hybridized carbons (Fsp3) is 1.00. The van der Waals surface area contributed by atoms with Crippen molar-refractivity contribution in [3.63, 3.8) is 0 Å². The van der Waals surface area contributed by atoms with Crippen LogP contribution in [0.25, 0.3) is 0 Å². The molecule has 4 unspecified atom stereocenters. The fourth-order valence-corrected chi connectivity index (χ4v) is 3.84. The molecule has 2 aliphatic rings. The second-order valence-electron chi connectivity index (χ2n) is 6.94. The maximum absolute atomic E-state index is 5.80. The van der Waals surface area contributed by atoms with Gasteiger partial charge in [0.1, 0.15) is 0 Å². The Morgan fingerprint density at radius 2 is 2.00 bits per heavy atom. The van der Waals surface area contributed by atoms with E-state index in [4.69, 9.17) is 5.84 Å². The highest BCUT2D eigenvalue weighted by Gasteiger charge is 2.42. The summed E-state index contributed by atoms with van der Waals surface area (Å²) in [5.74, 6) is 8.73. The molecule has 2 bridgehead atoms. The van der Waals surface area contributed by atoms with Crippen LogP contribution < -0.4 is 11.3 Å². The third-order valence-corrected chi connectivity index (χ3v) is 5.63. The molecule has 3 N–H and O–H groups in total. The van der Waals surface area contributed by atoms with E-state index in [2.05, 4.69) is 38.3 Å². The smallest absolute Gasteiger partial charge is 0.0391 e. The third kappa shape index (κ3) is 2.51. The van der Waals surface area contributed by atoms with Crippen molar-refractivity contribution in [3.05, 3.63) is 0 Å². The fourth-order valence-electron chi connectivity index (χ4n) is 3.84. The van der Waals surface area contributed by atoms with Crippen molar-refractivity contribution in [1.29, 1.82) is 0 Å². The molecule has 0 radical (unpaired) electrons.